The van der Waals surface area contributed by atoms with Crippen LogP contribution < -0.4 is 5.32 Å². The van der Waals surface area contributed by atoms with Crippen LogP contribution in [0.15, 0.2) is 24.3 Å². The van der Waals surface area contributed by atoms with Crippen LogP contribution in [0, 0.1) is 5.92 Å². The van der Waals surface area contributed by atoms with Crippen molar-refractivity contribution in [2.75, 3.05) is 26.2 Å². The Morgan fingerprint density at radius 1 is 1.04 bits per heavy atom. The van der Waals surface area contributed by atoms with E-state index in [-0.39, 0.29) is 36.1 Å². The number of amides is 3. The van der Waals surface area contributed by atoms with Crippen molar-refractivity contribution < 1.29 is 27.9 Å². The molecule has 1 aromatic carbocycles. The molecule has 154 valence electrons. The number of piperazine rings is 1. The summed E-state index contributed by atoms with van der Waals surface area (Å²) >= 11 is 0. The number of rotatable bonds is 2. The lowest BCUT2D eigenvalue weighted by atomic mass is 9.85. The van der Waals surface area contributed by atoms with E-state index in [9.17, 15) is 27.9 Å². The first-order valence-electron chi connectivity index (χ1n) is 9.45. The van der Waals surface area contributed by atoms with Crippen molar-refractivity contribution in [2.24, 2.45) is 5.92 Å². The molecule has 1 heterocycles. The third-order valence-corrected chi connectivity index (χ3v) is 5.45. The standard InChI is InChI=1S/C19H24F3N3O3/c20-19(21,22)13-4-3-5-14(12-13)23-18(28)25-10-8-24(9-11-25)17(27)15-6-1-2-7-16(15)26/h1-2,6-7,13-14,26H,3-5,8-12H2,(H,23,28). The molecule has 3 rings (SSSR count). The number of hydrogen-bond donors (Lipinski definition) is 2. The zero-order chi connectivity index (χ0) is 20.3. The number of aromatic hydroxyl groups is 1. The van der Waals surface area contributed by atoms with Gasteiger partial charge in [0, 0.05) is 32.2 Å². The molecule has 9 heteroatoms. The Balaban J connectivity index is 1.50. The Labute approximate surface area is 161 Å². The van der Waals surface area contributed by atoms with Crippen LogP contribution in [-0.4, -0.2) is 65.2 Å². The first-order chi connectivity index (χ1) is 13.3. The Morgan fingerprint density at radius 3 is 2.32 bits per heavy atom. The summed E-state index contributed by atoms with van der Waals surface area (Å²) in [5.74, 6) is -1.76. The minimum Gasteiger partial charge on any atom is -0.507 e. The van der Waals surface area contributed by atoms with Crippen LogP contribution in [0.5, 0.6) is 5.75 Å². The highest BCUT2D eigenvalue weighted by molar-refractivity contribution is 5.97. The van der Waals surface area contributed by atoms with Crippen LogP contribution in [0.3, 0.4) is 0 Å². The van der Waals surface area contributed by atoms with Crippen molar-refractivity contribution in [3.8, 4) is 5.75 Å². The average Bonchev–Trinajstić information content (AvgIpc) is 2.67. The van der Waals surface area contributed by atoms with Gasteiger partial charge in [-0.15, -0.1) is 0 Å². The molecule has 2 aliphatic rings. The number of carbonyl (C=O) groups excluding carboxylic acids is 2. The number of carbonyl (C=O) groups is 2. The molecule has 2 atom stereocenters. The SMILES string of the molecule is O=C(NC1CCCC(C(F)(F)F)C1)N1CCN(C(=O)c2ccccc2O)CC1. The van der Waals surface area contributed by atoms with Gasteiger partial charge in [-0.2, -0.15) is 13.2 Å². The van der Waals surface area contributed by atoms with E-state index in [2.05, 4.69) is 5.32 Å². The Bertz CT molecular complexity index is 718. The van der Waals surface area contributed by atoms with Gasteiger partial charge >= 0.3 is 12.2 Å². The van der Waals surface area contributed by atoms with Gasteiger partial charge in [-0.1, -0.05) is 18.6 Å². The number of urea groups is 1. The molecular weight excluding hydrogens is 375 g/mol. The maximum Gasteiger partial charge on any atom is 0.391 e. The lowest BCUT2D eigenvalue weighted by molar-refractivity contribution is -0.183. The molecule has 1 saturated carbocycles. The molecule has 1 aliphatic heterocycles. The number of phenolic OH excluding ortho intramolecular Hbond substituents is 1. The van der Waals surface area contributed by atoms with Crippen LogP contribution in [0.4, 0.5) is 18.0 Å². The predicted octanol–water partition coefficient (Wildman–Crippen LogP) is 2.98. The highest BCUT2D eigenvalue weighted by Crippen LogP contribution is 2.37. The fourth-order valence-corrected chi connectivity index (χ4v) is 3.82. The van der Waals surface area contributed by atoms with E-state index in [1.165, 1.54) is 17.0 Å². The van der Waals surface area contributed by atoms with E-state index in [0.29, 0.717) is 39.0 Å². The molecule has 0 bridgehead atoms. The summed E-state index contributed by atoms with van der Waals surface area (Å²) in [6.45, 7) is 1.19. The second kappa shape index (κ2) is 8.28. The van der Waals surface area contributed by atoms with Gasteiger partial charge in [-0.25, -0.2) is 4.79 Å². The van der Waals surface area contributed by atoms with Crippen LogP contribution in [0.25, 0.3) is 0 Å². The van der Waals surface area contributed by atoms with Gasteiger partial charge in [0.2, 0.25) is 0 Å². The van der Waals surface area contributed by atoms with Gasteiger partial charge in [-0.3, -0.25) is 4.79 Å². The van der Waals surface area contributed by atoms with Gasteiger partial charge in [0.15, 0.2) is 0 Å². The van der Waals surface area contributed by atoms with Gasteiger partial charge in [0.25, 0.3) is 5.91 Å². The number of halogens is 3. The summed E-state index contributed by atoms with van der Waals surface area (Å²) < 4.78 is 38.7. The third-order valence-electron chi connectivity index (χ3n) is 5.45. The molecule has 28 heavy (non-hydrogen) atoms. The predicted molar refractivity (Wildman–Crippen MR) is 95.9 cm³/mol. The maximum atomic E-state index is 12.9. The fourth-order valence-electron chi connectivity index (χ4n) is 3.82. The molecule has 2 unspecified atom stereocenters. The zero-order valence-corrected chi connectivity index (χ0v) is 15.4. The minimum atomic E-state index is -4.22. The molecule has 1 saturated heterocycles. The second-order valence-electron chi connectivity index (χ2n) is 7.35. The second-order valence-corrected chi connectivity index (χ2v) is 7.35. The average molecular weight is 399 g/mol. The Kier molecular flexibility index (Phi) is 6.00. The van der Waals surface area contributed by atoms with E-state index in [1.54, 1.807) is 17.0 Å². The molecule has 3 amide bonds. The lowest BCUT2D eigenvalue weighted by Gasteiger charge is -2.37. The van der Waals surface area contributed by atoms with Crippen molar-refractivity contribution in [2.45, 2.75) is 37.9 Å². The molecule has 2 N–H and O–H groups in total. The summed E-state index contributed by atoms with van der Waals surface area (Å²) in [7, 11) is 0. The number of para-hydroxylation sites is 1. The van der Waals surface area contributed by atoms with Crippen molar-refractivity contribution in [3.63, 3.8) is 0 Å². The van der Waals surface area contributed by atoms with Crippen LogP contribution in [0.2, 0.25) is 0 Å². The summed E-state index contributed by atoms with van der Waals surface area (Å²) in [6.07, 6.45) is -3.20. The minimum absolute atomic E-state index is 0.0824. The highest BCUT2D eigenvalue weighted by Gasteiger charge is 2.42. The van der Waals surface area contributed by atoms with E-state index in [4.69, 9.17) is 0 Å². The van der Waals surface area contributed by atoms with Crippen molar-refractivity contribution in [3.05, 3.63) is 29.8 Å². The number of nitrogens with one attached hydrogen (secondary N) is 1. The van der Waals surface area contributed by atoms with Gasteiger partial charge < -0.3 is 20.2 Å². The summed E-state index contributed by atoms with van der Waals surface area (Å²) in [4.78, 5) is 28.0. The van der Waals surface area contributed by atoms with Gasteiger partial charge in [0.05, 0.1) is 11.5 Å². The molecule has 6 nitrogen and oxygen atoms in total. The number of nitrogens with zero attached hydrogens (tertiary/aromatic N) is 2. The van der Waals surface area contributed by atoms with Crippen LogP contribution in [-0.2, 0) is 0 Å². The third kappa shape index (κ3) is 4.69. The molecule has 0 aromatic heterocycles. The Hall–Kier alpha value is -2.45. The van der Waals surface area contributed by atoms with Crippen molar-refractivity contribution >= 4 is 11.9 Å². The molecule has 1 aromatic rings. The monoisotopic (exact) mass is 399 g/mol. The van der Waals surface area contributed by atoms with Gasteiger partial charge in [-0.05, 0) is 31.4 Å². The van der Waals surface area contributed by atoms with Crippen molar-refractivity contribution in [1.29, 1.82) is 0 Å². The number of benzene rings is 1. The molecular formula is C19H24F3N3O3. The lowest BCUT2D eigenvalue weighted by Crippen LogP contribution is -2.55. The normalized spacial score (nSPS) is 23.4. The highest BCUT2D eigenvalue weighted by atomic mass is 19.4. The summed E-state index contributed by atoms with van der Waals surface area (Å²) in [5.41, 5.74) is 0.209. The molecule has 2 fully saturated rings. The topological polar surface area (TPSA) is 72.9 Å². The molecule has 1 aliphatic carbocycles. The molecule has 0 spiro atoms. The fraction of sp³-hybridized carbons (Fsp3) is 0.579. The van der Waals surface area contributed by atoms with E-state index in [1.807, 2.05) is 0 Å². The van der Waals surface area contributed by atoms with Gasteiger partial charge in [0.1, 0.15) is 5.75 Å². The number of alkyl halides is 3. The zero-order valence-electron chi connectivity index (χ0n) is 15.4. The maximum absolute atomic E-state index is 12.9. The van der Waals surface area contributed by atoms with Crippen molar-refractivity contribution in [1.82, 2.24) is 15.1 Å². The quantitative estimate of drug-likeness (QED) is 0.803. The first-order valence-corrected chi connectivity index (χ1v) is 9.45. The summed E-state index contributed by atoms with van der Waals surface area (Å²) in [6, 6.07) is 5.40. The van der Waals surface area contributed by atoms with Crippen LogP contribution >= 0.6 is 0 Å². The Morgan fingerprint density at radius 2 is 1.68 bits per heavy atom. The largest absolute Gasteiger partial charge is 0.507 e. The number of hydrogen-bond acceptors (Lipinski definition) is 3. The smallest absolute Gasteiger partial charge is 0.391 e. The van der Waals surface area contributed by atoms with Crippen LogP contribution in [0.1, 0.15) is 36.0 Å². The first kappa shape index (κ1) is 20.3. The molecule has 0 radical (unpaired) electrons. The van der Waals surface area contributed by atoms with E-state index >= 15 is 0 Å². The number of phenols is 1. The van der Waals surface area contributed by atoms with E-state index < -0.39 is 18.1 Å². The summed E-state index contributed by atoms with van der Waals surface area (Å²) in [5, 5.41) is 12.5. The van der Waals surface area contributed by atoms with E-state index in [0.717, 1.165) is 0 Å².